The van der Waals surface area contributed by atoms with Gasteiger partial charge in [-0.3, -0.25) is 9.69 Å². The van der Waals surface area contributed by atoms with Gasteiger partial charge in [0.25, 0.3) is 0 Å². The van der Waals surface area contributed by atoms with E-state index in [0.29, 0.717) is 33.9 Å². The predicted molar refractivity (Wildman–Crippen MR) is 115 cm³/mol. The van der Waals surface area contributed by atoms with Crippen molar-refractivity contribution in [3.05, 3.63) is 48.0 Å². The first-order valence-corrected chi connectivity index (χ1v) is 10.5. The van der Waals surface area contributed by atoms with E-state index in [-0.39, 0.29) is 11.8 Å². The molecule has 1 fully saturated rings. The maximum absolute atomic E-state index is 12.9. The van der Waals surface area contributed by atoms with E-state index in [0.717, 1.165) is 24.0 Å². The number of carbonyl (C=O) groups is 1. The van der Waals surface area contributed by atoms with Crippen LogP contribution in [0.3, 0.4) is 0 Å². The molecule has 0 saturated heterocycles. The standard InChI is InChI=1S/C22H23N3O4S/c1-27-17-11-16(12-18(28-2)19(17)29-3)20-23-24-22(30-20)25(21(26)15-9-10-15)13-14-7-5-4-6-8-14/h4-8,11-12,15H,9-10,13H2,1-3H3. The van der Waals surface area contributed by atoms with Crippen molar-refractivity contribution in [3.8, 4) is 27.8 Å². The monoisotopic (exact) mass is 425 g/mol. The van der Waals surface area contributed by atoms with Crippen LogP contribution in [0.2, 0.25) is 0 Å². The average Bonchev–Trinajstić information content (AvgIpc) is 3.53. The number of carbonyl (C=O) groups excluding carboxylic acids is 1. The molecule has 7 nitrogen and oxygen atoms in total. The van der Waals surface area contributed by atoms with Crippen LogP contribution in [0.25, 0.3) is 10.6 Å². The smallest absolute Gasteiger partial charge is 0.232 e. The second kappa shape index (κ2) is 8.71. The molecule has 30 heavy (non-hydrogen) atoms. The van der Waals surface area contributed by atoms with E-state index in [1.807, 2.05) is 42.5 Å². The van der Waals surface area contributed by atoms with Gasteiger partial charge in [-0.25, -0.2) is 0 Å². The molecule has 1 heterocycles. The predicted octanol–water partition coefficient (Wildman–Crippen LogP) is 4.17. The minimum absolute atomic E-state index is 0.0854. The summed E-state index contributed by atoms with van der Waals surface area (Å²) < 4.78 is 16.3. The van der Waals surface area contributed by atoms with E-state index in [2.05, 4.69) is 10.2 Å². The molecule has 0 bridgehead atoms. The Bertz CT molecular complexity index is 1010. The van der Waals surface area contributed by atoms with Crippen LogP contribution in [0.1, 0.15) is 18.4 Å². The Hall–Kier alpha value is -3.13. The van der Waals surface area contributed by atoms with Gasteiger partial charge < -0.3 is 14.2 Å². The fourth-order valence-electron chi connectivity index (χ4n) is 3.20. The van der Waals surface area contributed by atoms with Crippen molar-refractivity contribution < 1.29 is 19.0 Å². The van der Waals surface area contributed by atoms with Crippen LogP contribution in [0, 0.1) is 5.92 Å². The number of hydrogen-bond donors (Lipinski definition) is 0. The van der Waals surface area contributed by atoms with E-state index in [9.17, 15) is 4.79 Å². The third-order valence-corrected chi connectivity index (χ3v) is 5.93. The third kappa shape index (κ3) is 4.09. The summed E-state index contributed by atoms with van der Waals surface area (Å²) in [5.74, 6) is 1.79. The highest BCUT2D eigenvalue weighted by Crippen LogP contribution is 2.43. The van der Waals surface area contributed by atoms with Gasteiger partial charge in [0.2, 0.25) is 16.8 Å². The molecular weight excluding hydrogens is 402 g/mol. The van der Waals surface area contributed by atoms with Gasteiger partial charge in [0.1, 0.15) is 5.01 Å². The van der Waals surface area contributed by atoms with Crippen LogP contribution < -0.4 is 19.1 Å². The highest BCUT2D eigenvalue weighted by Gasteiger charge is 2.35. The maximum atomic E-state index is 12.9. The molecule has 3 aromatic rings. The van der Waals surface area contributed by atoms with Crippen molar-refractivity contribution in [2.75, 3.05) is 26.2 Å². The number of rotatable bonds is 8. The highest BCUT2D eigenvalue weighted by atomic mass is 32.1. The second-order valence-corrected chi connectivity index (χ2v) is 7.94. The highest BCUT2D eigenvalue weighted by molar-refractivity contribution is 7.18. The van der Waals surface area contributed by atoms with Gasteiger partial charge in [-0.1, -0.05) is 41.7 Å². The van der Waals surface area contributed by atoms with Gasteiger partial charge >= 0.3 is 0 Å². The van der Waals surface area contributed by atoms with Crippen molar-refractivity contribution in [2.45, 2.75) is 19.4 Å². The zero-order valence-corrected chi connectivity index (χ0v) is 17.9. The minimum atomic E-state index is 0.0854. The molecule has 1 saturated carbocycles. The molecule has 0 unspecified atom stereocenters. The lowest BCUT2D eigenvalue weighted by molar-refractivity contribution is -0.119. The summed E-state index contributed by atoms with van der Waals surface area (Å²) in [4.78, 5) is 14.7. The molecule has 0 radical (unpaired) electrons. The summed E-state index contributed by atoms with van der Waals surface area (Å²) >= 11 is 1.37. The summed E-state index contributed by atoms with van der Waals surface area (Å²) in [5.41, 5.74) is 1.84. The van der Waals surface area contributed by atoms with Crippen LogP contribution in [0.5, 0.6) is 17.2 Å². The molecule has 1 aliphatic rings. The second-order valence-electron chi connectivity index (χ2n) is 6.99. The van der Waals surface area contributed by atoms with Crippen LogP contribution in [0.15, 0.2) is 42.5 Å². The number of ether oxygens (including phenoxy) is 3. The number of hydrogen-bond acceptors (Lipinski definition) is 7. The van der Waals surface area contributed by atoms with Gasteiger partial charge in [-0.15, -0.1) is 10.2 Å². The third-order valence-electron chi connectivity index (χ3n) is 4.93. The molecule has 1 aliphatic carbocycles. The van der Waals surface area contributed by atoms with Gasteiger partial charge in [0, 0.05) is 11.5 Å². The summed E-state index contributed by atoms with van der Waals surface area (Å²) in [6.45, 7) is 0.472. The molecule has 0 atom stereocenters. The topological polar surface area (TPSA) is 73.8 Å². The van der Waals surface area contributed by atoms with Crippen LogP contribution >= 0.6 is 11.3 Å². The molecule has 2 aromatic carbocycles. The van der Waals surface area contributed by atoms with Crippen molar-refractivity contribution in [1.82, 2.24) is 10.2 Å². The Kier molecular flexibility index (Phi) is 5.85. The van der Waals surface area contributed by atoms with Crippen molar-refractivity contribution >= 4 is 22.4 Å². The molecule has 1 amide bonds. The minimum Gasteiger partial charge on any atom is -0.493 e. The van der Waals surface area contributed by atoms with Gasteiger partial charge in [-0.2, -0.15) is 0 Å². The Morgan fingerprint density at radius 1 is 1.03 bits per heavy atom. The molecule has 4 rings (SSSR count). The Labute approximate surface area is 179 Å². The number of benzene rings is 2. The Morgan fingerprint density at radius 3 is 2.27 bits per heavy atom. The van der Waals surface area contributed by atoms with Gasteiger partial charge in [0.05, 0.1) is 27.9 Å². The van der Waals surface area contributed by atoms with Gasteiger partial charge in [0.15, 0.2) is 11.5 Å². The Morgan fingerprint density at radius 2 is 1.70 bits per heavy atom. The quantitative estimate of drug-likeness (QED) is 0.539. The van der Waals surface area contributed by atoms with Crippen LogP contribution in [0.4, 0.5) is 5.13 Å². The molecule has 0 N–H and O–H groups in total. The fourth-order valence-corrected chi connectivity index (χ4v) is 4.04. The number of methoxy groups -OCH3 is 3. The van der Waals surface area contributed by atoms with Crippen molar-refractivity contribution in [1.29, 1.82) is 0 Å². The van der Waals surface area contributed by atoms with Gasteiger partial charge in [-0.05, 0) is 30.5 Å². The average molecular weight is 426 g/mol. The lowest BCUT2D eigenvalue weighted by Gasteiger charge is -2.19. The lowest BCUT2D eigenvalue weighted by Crippen LogP contribution is -2.31. The molecule has 1 aromatic heterocycles. The summed E-state index contributed by atoms with van der Waals surface area (Å²) in [7, 11) is 4.71. The molecular formula is C22H23N3O4S. The van der Waals surface area contributed by atoms with E-state index < -0.39 is 0 Å². The largest absolute Gasteiger partial charge is 0.493 e. The number of anilines is 1. The normalized spacial score (nSPS) is 13.0. The first-order valence-electron chi connectivity index (χ1n) is 9.63. The van der Waals surface area contributed by atoms with E-state index in [1.54, 1.807) is 26.2 Å². The summed E-state index contributed by atoms with van der Waals surface area (Å²) in [5, 5.41) is 9.93. The molecule has 8 heteroatoms. The summed E-state index contributed by atoms with van der Waals surface area (Å²) in [6.07, 6.45) is 1.87. The zero-order chi connectivity index (χ0) is 21.1. The fraction of sp³-hybridized carbons (Fsp3) is 0.318. The first kappa shape index (κ1) is 20.2. The molecule has 156 valence electrons. The number of aromatic nitrogens is 2. The van der Waals surface area contributed by atoms with E-state index >= 15 is 0 Å². The number of amides is 1. The number of nitrogens with zero attached hydrogens (tertiary/aromatic N) is 3. The molecule has 0 aliphatic heterocycles. The SMILES string of the molecule is COc1cc(-c2nnc(N(Cc3ccccc3)C(=O)C3CC3)s2)cc(OC)c1OC. The first-order chi connectivity index (χ1) is 14.6. The van der Waals surface area contributed by atoms with Crippen LogP contribution in [-0.4, -0.2) is 37.4 Å². The lowest BCUT2D eigenvalue weighted by atomic mass is 10.2. The maximum Gasteiger partial charge on any atom is 0.232 e. The van der Waals surface area contributed by atoms with E-state index in [4.69, 9.17) is 14.2 Å². The van der Waals surface area contributed by atoms with Crippen molar-refractivity contribution in [3.63, 3.8) is 0 Å². The summed E-state index contributed by atoms with van der Waals surface area (Å²) in [6, 6.07) is 13.6. The van der Waals surface area contributed by atoms with Crippen molar-refractivity contribution in [2.24, 2.45) is 5.92 Å². The van der Waals surface area contributed by atoms with E-state index in [1.165, 1.54) is 11.3 Å². The Balaban J connectivity index is 1.68. The zero-order valence-electron chi connectivity index (χ0n) is 17.1. The molecule has 0 spiro atoms. The van der Waals surface area contributed by atoms with Crippen LogP contribution in [-0.2, 0) is 11.3 Å².